The minimum absolute atomic E-state index is 0.149. The van der Waals surface area contributed by atoms with Crippen LogP contribution >= 0.6 is 38.9 Å². The lowest BCUT2D eigenvalue weighted by Gasteiger charge is -2.26. The van der Waals surface area contributed by atoms with E-state index in [2.05, 4.69) is 20.9 Å². The number of esters is 1. The molecule has 4 rings (SSSR count). The molecule has 10 nitrogen and oxygen atoms in total. The second-order valence-electron chi connectivity index (χ2n) is 8.51. The van der Waals surface area contributed by atoms with Gasteiger partial charge in [0.1, 0.15) is 6.07 Å². The number of nitriles is 1. The molecule has 0 bridgehead atoms. The number of carbonyl (C=O) groups is 1. The van der Waals surface area contributed by atoms with Gasteiger partial charge in [-0.1, -0.05) is 38.9 Å². The summed E-state index contributed by atoms with van der Waals surface area (Å²) >= 11 is 11.2. The molecule has 41 heavy (non-hydrogen) atoms. The van der Waals surface area contributed by atoms with Crippen LogP contribution in [0.25, 0.3) is 6.08 Å². The van der Waals surface area contributed by atoms with Crippen LogP contribution in [0.15, 0.2) is 49.8 Å². The number of halogens is 2. The Kier molecular flexibility index (Phi) is 9.42. The smallest absolute Gasteiger partial charge is 0.338 e. The van der Waals surface area contributed by atoms with E-state index in [1.165, 1.54) is 25.9 Å². The third-order valence-corrected chi connectivity index (χ3v) is 8.10. The quantitative estimate of drug-likeness (QED) is 0.314. The summed E-state index contributed by atoms with van der Waals surface area (Å²) < 4.78 is 29.5. The molecular weight excluding hydrogens is 638 g/mol. The molecule has 13 heteroatoms. The van der Waals surface area contributed by atoms with Crippen LogP contribution in [0.1, 0.15) is 31.0 Å². The van der Waals surface area contributed by atoms with E-state index in [0.717, 1.165) is 11.3 Å². The van der Waals surface area contributed by atoms with E-state index in [4.69, 9.17) is 40.5 Å². The molecule has 0 N–H and O–H groups in total. The Hall–Kier alpha value is -3.79. The van der Waals surface area contributed by atoms with Gasteiger partial charge >= 0.3 is 5.97 Å². The molecule has 0 aliphatic carbocycles. The molecular formula is C28H25BrClN3O7S. The van der Waals surface area contributed by atoms with Crippen LogP contribution in [0.4, 0.5) is 0 Å². The van der Waals surface area contributed by atoms with Gasteiger partial charge in [0.2, 0.25) is 0 Å². The molecule has 2 heterocycles. The Morgan fingerprint density at radius 1 is 1.17 bits per heavy atom. The summed E-state index contributed by atoms with van der Waals surface area (Å²) in [4.78, 5) is 32.2. The zero-order valence-corrected chi connectivity index (χ0v) is 25.9. The van der Waals surface area contributed by atoms with Crippen LogP contribution in [0.2, 0.25) is 5.02 Å². The third-order valence-electron chi connectivity index (χ3n) is 6.15. The minimum atomic E-state index is -0.874. The van der Waals surface area contributed by atoms with Gasteiger partial charge in [0.05, 0.1) is 54.8 Å². The van der Waals surface area contributed by atoms with Crippen molar-refractivity contribution in [2.24, 2.45) is 4.99 Å². The van der Waals surface area contributed by atoms with Crippen LogP contribution in [0.5, 0.6) is 23.0 Å². The normalized spacial score (nSPS) is 14.6. The lowest BCUT2D eigenvalue weighted by molar-refractivity contribution is -0.139. The van der Waals surface area contributed by atoms with E-state index in [-0.39, 0.29) is 35.1 Å². The predicted molar refractivity (Wildman–Crippen MR) is 157 cm³/mol. The van der Waals surface area contributed by atoms with Crippen molar-refractivity contribution >= 4 is 50.9 Å². The fourth-order valence-electron chi connectivity index (χ4n) is 4.38. The zero-order valence-electron chi connectivity index (χ0n) is 22.7. The third kappa shape index (κ3) is 5.84. The highest BCUT2D eigenvalue weighted by Gasteiger charge is 2.35. The van der Waals surface area contributed by atoms with E-state index >= 15 is 0 Å². The number of hydrogen-bond acceptors (Lipinski definition) is 10. The molecule has 0 unspecified atom stereocenters. The molecule has 2 aromatic carbocycles. The summed E-state index contributed by atoms with van der Waals surface area (Å²) in [7, 11) is 4.47. The Balaban J connectivity index is 1.97. The standard InChI is InChI=1S/C28H25BrClN3O7S/c1-6-39-27(35)23-14(2)32-28-33(24(23)16-12-19(36-3)20(37-4)13-17(16)29)26(34)22(41-28)11-15-9-18(30)25(40-8-7-31)21(10-15)38-5/h9-13,24H,6,8H2,1-5H3/b22-11-/t24-/m1/s1. The van der Waals surface area contributed by atoms with Crippen molar-refractivity contribution in [3.63, 3.8) is 0 Å². The number of allylic oxidation sites excluding steroid dienone is 1. The van der Waals surface area contributed by atoms with Gasteiger partial charge < -0.3 is 23.7 Å². The van der Waals surface area contributed by atoms with Crippen LogP contribution in [-0.2, 0) is 9.53 Å². The highest BCUT2D eigenvalue weighted by Crippen LogP contribution is 2.41. The summed E-state index contributed by atoms with van der Waals surface area (Å²) in [6.45, 7) is 3.36. The van der Waals surface area contributed by atoms with Crippen molar-refractivity contribution < 1.29 is 28.5 Å². The first-order valence-electron chi connectivity index (χ1n) is 12.2. The highest BCUT2D eigenvalue weighted by molar-refractivity contribution is 9.10. The second kappa shape index (κ2) is 12.8. The number of rotatable bonds is 9. The SMILES string of the molecule is CCOC(=O)C1=C(C)N=c2s/c(=C\c3cc(Cl)c(OCC#N)c(OC)c3)c(=O)n2[C@@H]1c1cc(OC)c(OC)cc1Br. The van der Waals surface area contributed by atoms with Gasteiger partial charge in [-0.3, -0.25) is 9.36 Å². The topological polar surface area (TPSA) is 121 Å². The predicted octanol–water partition coefficient (Wildman–Crippen LogP) is 4.14. The van der Waals surface area contributed by atoms with Gasteiger partial charge in [-0.2, -0.15) is 5.26 Å². The summed E-state index contributed by atoms with van der Waals surface area (Å²) in [5.74, 6) is 0.842. The van der Waals surface area contributed by atoms with E-state index in [1.54, 1.807) is 44.2 Å². The Morgan fingerprint density at radius 2 is 1.85 bits per heavy atom. The maximum atomic E-state index is 14.0. The Labute approximate surface area is 252 Å². The summed E-state index contributed by atoms with van der Waals surface area (Å²) in [5, 5.41) is 9.08. The van der Waals surface area contributed by atoms with Crippen LogP contribution in [-0.4, -0.2) is 45.1 Å². The van der Waals surface area contributed by atoms with Crippen molar-refractivity contribution in [3.05, 3.63) is 75.8 Å². The average Bonchev–Trinajstić information content (AvgIpc) is 3.25. The van der Waals surface area contributed by atoms with Crippen molar-refractivity contribution in [1.29, 1.82) is 5.26 Å². The molecule has 0 fully saturated rings. The van der Waals surface area contributed by atoms with E-state index in [0.29, 0.717) is 47.9 Å². The average molecular weight is 663 g/mol. The fraction of sp³-hybridized carbons (Fsp3) is 0.286. The molecule has 0 saturated heterocycles. The lowest BCUT2D eigenvalue weighted by Crippen LogP contribution is -2.40. The molecule has 0 spiro atoms. The fourth-order valence-corrected chi connectivity index (χ4v) is 6.24. The van der Waals surface area contributed by atoms with Crippen LogP contribution in [0, 0.1) is 11.3 Å². The number of thiazole rings is 1. The first-order chi connectivity index (χ1) is 19.7. The number of carbonyl (C=O) groups excluding carboxylic acids is 1. The number of ether oxygens (including phenoxy) is 5. The van der Waals surface area contributed by atoms with E-state index in [9.17, 15) is 9.59 Å². The van der Waals surface area contributed by atoms with Gasteiger partial charge in [0, 0.05) is 4.47 Å². The molecule has 1 aliphatic rings. The van der Waals surface area contributed by atoms with Gasteiger partial charge in [0.15, 0.2) is 34.4 Å². The molecule has 0 saturated carbocycles. The first kappa shape index (κ1) is 30.2. The molecule has 0 radical (unpaired) electrons. The van der Waals surface area contributed by atoms with Gasteiger partial charge in [-0.15, -0.1) is 0 Å². The van der Waals surface area contributed by atoms with Gasteiger partial charge in [-0.05, 0) is 55.3 Å². The number of aromatic nitrogens is 1. The first-order valence-corrected chi connectivity index (χ1v) is 14.2. The lowest BCUT2D eigenvalue weighted by atomic mass is 9.95. The van der Waals surface area contributed by atoms with E-state index < -0.39 is 12.0 Å². The van der Waals surface area contributed by atoms with Crippen molar-refractivity contribution in [2.45, 2.75) is 19.9 Å². The van der Waals surface area contributed by atoms with Crippen molar-refractivity contribution in [1.82, 2.24) is 4.57 Å². The maximum Gasteiger partial charge on any atom is 0.338 e. The Bertz CT molecular complexity index is 1770. The van der Waals surface area contributed by atoms with Crippen LogP contribution in [0.3, 0.4) is 0 Å². The van der Waals surface area contributed by atoms with Gasteiger partial charge in [0.25, 0.3) is 5.56 Å². The highest BCUT2D eigenvalue weighted by atomic mass is 79.9. The molecule has 1 atom stereocenters. The summed E-state index contributed by atoms with van der Waals surface area (Å²) in [6.07, 6.45) is 1.65. The second-order valence-corrected chi connectivity index (χ2v) is 10.8. The largest absolute Gasteiger partial charge is 0.493 e. The van der Waals surface area contributed by atoms with Crippen molar-refractivity contribution in [2.75, 3.05) is 34.5 Å². The monoisotopic (exact) mass is 661 g/mol. The maximum absolute atomic E-state index is 14.0. The zero-order chi connectivity index (χ0) is 29.8. The number of nitrogens with zero attached hydrogens (tertiary/aromatic N) is 3. The molecule has 0 amide bonds. The minimum Gasteiger partial charge on any atom is -0.493 e. The molecule has 3 aromatic rings. The Morgan fingerprint density at radius 3 is 2.49 bits per heavy atom. The van der Waals surface area contributed by atoms with Crippen LogP contribution < -0.4 is 33.8 Å². The molecule has 1 aromatic heterocycles. The molecule has 1 aliphatic heterocycles. The van der Waals surface area contributed by atoms with Crippen molar-refractivity contribution in [3.8, 4) is 29.1 Å². The van der Waals surface area contributed by atoms with E-state index in [1.807, 2.05) is 6.07 Å². The summed E-state index contributed by atoms with van der Waals surface area (Å²) in [6, 6.07) is 7.70. The number of benzene rings is 2. The summed E-state index contributed by atoms with van der Waals surface area (Å²) in [5.41, 5.74) is 1.41. The molecule has 214 valence electrons. The number of fused-ring (bicyclic) bond motifs is 1. The van der Waals surface area contributed by atoms with Gasteiger partial charge in [-0.25, -0.2) is 9.79 Å². The number of hydrogen-bond donors (Lipinski definition) is 0. The number of methoxy groups -OCH3 is 3.